The highest BCUT2D eigenvalue weighted by atomic mass is 16.5. The van der Waals surface area contributed by atoms with Crippen molar-refractivity contribution in [2.24, 2.45) is 10.9 Å². The Morgan fingerprint density at radius 2 is 1.94 bits per heavy atom. The quantitative estimate of drug-likeness (QED) is 0.585. The van der Waals surface area contributed by atoms with E-state index in [0.717, 1.165) is 35.4 Å². The Labute approximate surface area is 200 Å². The molecule has 2 aliphatic rings. The minimum atomic E-state index is -0.256. The molecule has 2 aromatic carbocycles. The molecular weight excluding hydrogens is 430 g/mol. The van der Waals surface area contributed by atoms with Crippen LogP contribution in [0.5, 0.6) is 11.5 Å². The van der Waals surface area contributed by atoms with Gasteiger partial charge in [0.25, 0.3) is 5.91 Å². The number of aromatic hydroxyl groups is 1. The number of hydrogen-bond donors (Lipinski definition) is 2. The Morgan fingerprint density at radius 1 is 1.15 bits per heavy atom. The topological polar surface area (TPSA) is 91.2 Å². The van der Waals surface area contributed by atoms with Gasteiger partial charge < -0.3 is 20.1 Å². The van der Waals surface area contributed by atoms with Crippen molar-refractivity contribution in [1.29, 1.82) is 0 Å². The molecule has 34 heavy (non-hydrogen) atoms. The van der Waals surface area contributed by atoms with Crippen molar-refractivity contribution in [2.75, 3.05) is 26.7 Å². The van der Waals surface area contributed by atoms with Crippen LogP contribution in [0.4, 0.5) is 0 Å². The van der Waals surface area contributed by atoms with Gasteiger partial charge in [0.15, 0.2) is 5.78 Å². The van der Waals surface area contributed by atoms with Crippen LogP contribution < -0.4 is 10.1 Å². The predicted molar refractivity (Wildman–Crippen MR) is 132 cm³/mol. The highest BCUT2D eigenvalue weighted by Gasteiger charge is 2.29. The number of ketones is 1. The van der Waals surface area contributed by atoms with Gasteiger partial charge in [-0.25, -0.2) is 0 Å². The zero-order valence-electron chi connectivity index (χ0n) is 20.2. The van der Waals surface area contributed by atoms with E-state index in [1.807, 2.05) is 39.1 Å². The van der Waals surface area contributed by atoms with Crippen molar-refractivity contribution in [3.8, 4) is 11.5 Å². The summed E-state index contributed by atoms with van der Waals surface area (Å²) >= 11 is 0. The van der Waals surface area contributed by atoms with Gasteiger partial charge in [-0.2, -0.15) is 0 Å². The van der Waals surface area contributed by atoms with E-state index in [4.69, 9.17) is 4.74 Å². The van der Waals surface area contributed by atoms with Crippen LogP contribution in [0.3, 0.4) is 0 Å². The Hall–Kier alpha value is -3.19. The highest BCUT2D eigenvalue weighted by Crippen LogP contribution is 2.32. The van der Waals surface area contributed by atoms with Gasteiger partial charge in [-0.05, 0) is 66.8 Å². The molecule has 2 aliphatic heterocycles. The monoisotopic (exact) mass is 463 g/mol. The van der Waals surface area contributed by atoms with E-state index in [2.05, 4.69) is 10.3 Å². The van der Waals surface area contributed by atoms with E-state index in [1.54, 1.807) is 17.0 Å². The third kappa shape index (κ3) is 5.14. The zero-order chi connectivity index (χ0) is 24.2. The highest BCUT2D eigenvalue weighted by molar-refractivity contribution is 6.46. The lowest BCUT2D eigenvalue weighted by atomic mass is 9.92. The standard InChI is InChI=1S/C27H33N3O4/c1-17(2)11-25(32)26-22-14-23(24(31)13-18(22)5-4-8-29-26)27(33)30-15-19-6-7-21(12-20(19)16-30)34-10-9-28-3/h6-7,12-14,17,28,31H,4-5,8-11,15-16H2,1-3H3. The molecule has 7 nitrogen and oxygen atoms in total. The fraction of sp³-hybridized carbons (Fsp3) is 0.444. The van der Waals surface area contributed by atoms with Gasteiger partial charge in [-0.15, -0.1) is 0 Å². The molecule has 7 heteroatoms. The first kappa shape index (κ1) is 24.0. The largest absolute Gasteiger partial charge is 0.507 e. The zero-order valence-corrected chi connectivity index (χ0v) is 20.2. The Morgan fingerprint density at radius 3 is 2.71 bits per heavy atom. The number of carbonyl (C=O) groups excluding carboxylic acids is 2. The summed E-state index contributed by atoms with van der Waals surface area (Å²) in [4.78, 5) is 32.7. The SMILES string of the molecule is CNCCOc1ccc2c(c1)CN(C(=O)c1cc3c(cc1O)CCCN=C3C(=O)CC(C)C)C2. The number of hydrogen-bond acceptors (Lipinski definition) is 6. The normalized spacial score (nSPS) is 14.9. The Bertz CT molecular complexity index is 1120. The summed E-state index contributed by atoms with van der Waals surface area (Å²) in [5, 5.41) is 13.8. The second kappa shape index (κ2) is 10.4. The van der Waals surface area contributed by atoms with Crippen LogP contribution in [0.2, 0.25) is 0 Å². The third-order valence-electron chi connectivity index (χ3n) is 6.25. The molecule has 2 heterocycles. The van der Waals surface area contributed by atoms with Gasteiger partial charge in [-0.1, -0.05) is 19.9 Å². The number of likely N-dealkylation sites (N-methyl/N-ethyl adjacent to an activating group) is 1. The number of aryl methyl sites for hydroxylation is 1. The van der Waals surface area contributed by atoms with Crippen LogP contribution in [0.1, 0.15) is 59.3 Å². The maximum absolute atomic E-state index is 13.5. The molecule has 0 bridgehead atoms. The maximum atomic E-state index is 13.5. The van der Waals surface area contributed by atoms with E-state index >= 15 is 0 Å². The fourth-order valence-corrected chi connectivity index (χ4v) is 4.53. The van der Waals surface area contributed by atoms with Crippen molar-refractivity contribution in [3.63, 3.8) is 0 Å². The molecule has 0 aliphatic carbocycles. The molecule has 0 aromatic heterocycles. The van der Waals surface area contributed by atoms with Crippen LogP contribution in [0.15, 0.2) is 35.3 Å². The Balaban J connectivity index is 1.58. The summed E-state index contributed by atoms with van der Waals surface area (Å²) in [5.74, 6) is 0.681. The molecule has 0 radical (unpaired) electrons. The number of fused-ring (bicyclic) bond motifs is 2. The average molecular weight is 464 g/mol. The summed E-state index contributed by atoms with van der Waals surface area (Å²) in [6, 6.07) is 9.20. The number of amides is 1. The van der Waals surface area contributed by atoms with Crippen molar-refractivity contribution < 1.29 is 19.4 Å². The van der Waals surface area contributed by atoms with Crippen LogP contribution in [0, 0.1) is 5.92 Å². The smallest absolute Gasteiger partial charge is 0.258 e. The van der Waals surface area contributed by atoms with Crippen LogP contribution >= 0.6 is 0 Å². The average Bonchev–Trinajstić information content (AvgIpc) is 3.11. The molecular formula is C27H33N3O4. The number of nitrogens with one attached hydrogen (secondary N) is 1. The first-order valence-electron chi connectivity index (χ1n) is 12.0. The van der Waals surface area contributed by atoms with E-state index in [1.165, 1.54) is 0 Å². The summed E-state index contributed by atoms with van der Waals surface area (Å²) in [7, 11) is 1.88. The Kier molecular flexibility index (Phi) is 7.32. The van der Waals surface area contributed by atoms with E-state index in [0.29, 0.717) is 50.4 Å². The molecule has 2 aromatic rings. The third-order valence-corrected chi connectivity index (χ3v) is 6.25. The minimum absolute atomic E-state index is 0.0124. The molecule has 180 valence electrons. The van der Waals surface area contributed by atoms with Crippen molar-refractivity contribution >= 4 is 17.4 Å². The van der Waals surface area contributed by atoms with Gasteiger partial charge in [0.2, 0.25) is 0 Å². The number of phenolic OH excluding ortho intramolecular Hbond substituents is 1. The van der Waals surface area contributed by atoms with Gasteiger partial charge in [0.1, 0.15) is 23.8 Å². The number of aliphatic imine (C=N–C) groups is 1. The molecule has 0 fully saturated rings. The van der Waals surface area contributed by atoms with Gasteiger partial charge >= 0.3 is 0 Å². The van der Waals surface area contributed by atoms with Crippen molar-refractivity contribution in [2.45, 2.75) is 46.2 Å². The molecule has 4 rings (SSSR count). The summed E-state index contributed by atoms with van der Waals surface area (Å²) in [6.45, 7) is 6.81. The van der Waals surface area contributed by atoms with E-state index in [9.17, 15) is 14.7 Å². The fourth-order valence-electron chi connectivity index (χ4n) is 4.53. The second-order valence-corrected chi connectivity index (χ2v) is 9.43. The molecule has 0 atom stereocenters. The molecule has 0 unspecified atom stereocenters. The number of rotatable bonds is 8. The molecule has 2 N–H and O–H groups in total. The minimum Gasteiger partial charge on any atom is -0.507 e. The van der Waals surface area contributed by atoms with Gasteiger partial charge in [0, 0.05) is 38.2 Å². The second-order valence-electron chi connectivity index (χ2n) is 9.43. The lowest BCUT2D eigenvalue weighted by Crippen LogP contribution is -2.26. The lowest BCUT2D eigenvalue weighted by molar-refractivity contribution is -0.113. The molecule has 0 saturated carbocycles. The first-order chi connectivity index (χ1) is 16.4. The number of carbonyl (C=O) groups is 2. The maximum Gasteiger partial charge on any atom is 0.258 e. The summed E-state index contributed by atoms with van der Waals surface area (Å²) in [6.07, 6.45) is 1.92. The lowest BCUT2D eigenvalue weighted by Gasteiger charge is -2.18. The van der Waals surface area contributed by atoms with Crippen LogP contribution in [-0.2, 0) is 24.3 Å². The number of phenols is 1. The van der Waals surface area contributed by atoms with Gasteiger partial charge in [0.05, 0.1) is 5.56 Å². The molecule has 0 saturated heterocycles. The number of nitrogens with zero attached hydrogens (tertiary/aromatic N) is 2. The molecule has 0 spiro atoms. The summed E-state index contributed by atoms with van der Waals surface area (Å²) in [5.41, 5.74) is 4.31. The number of benzene rings is 2. The molecule has 1 amide bonds. The van der Waals surface area contributed by atoms with Crippen molar-refractivity contribution in [1.82, 2.24) is 10.2 Å². The van der Waals surface area contributed by atoms with E-state index < -0.39 is 0 Å². The number of ether oxygens (including phenoxy) is 1. The first-order valence-corrected chi connectivity index (χ1v) is 12.0. The van der Waals surface area contributed by atoms with Crippen molar-refractivity contribution in [3.05, 3.63) is 58.1 Å². The van der Waals surface area contributed by atoms with Gasteiger partial charge in [-0.3, -0.25) is 14.6 Å². The van der Waals surface area contributed by atoms with Crippen LogP contribution in [-0.4, -0.2) is 54.2 Å². The number of Topliss-reactive ketones (excluding diaryl/α,β-unsaturated/α-hetero) is 1. The van der Waals surface area contributed by atoms with E-state index in [-0.39, 0.29) is 28.9 Å². The summed E-state index contributed by atoms with van der Waals surface area (Å²) < 4.78 is 5.76. The van der Waals surface area contributed by atoms with Crippen LogP contribution in [0.25, 0.3) is 0 Å². The predicted octanol–water partition coefficient (Wildman–Crippen LogP) is 3.50.